The molecule has 5 heteroatoms. The van der Waals surface area contributed by atoms with Crippen molar-refractivity contribution in [3.05, 3.63) is 153 Å². The number of nitrogens with zero attached hydrogens (tertiary/aromatic N) is 4. The summed E-state index contributed by atoms with van der Waals surface area (Å²) >= 11 is 0. The highest BCUT2D eigenvalue weighted by Crippen LogP contribution is 2.51. The summed E-state index contributed by atoms with van der Waals surface area (Å²) in [5, 5.41) is 22.1. The third-order valence-electron chi connectivity index (χ3n) is 10.4. The zero-order chi connectivity index (χ0) is 32.5. The summed E-state index contributed by atoms with van der Waals surface area (Å²) in [6, 6.07) is 37.8. The molecule has 5 nitrogen and oxygen atoms in total. The van der Waals surface area contributed by atoms with E-state index in [1.807, 2.05) is 72.8 Å². The van der Waals surface area contributed by atoms with Gasteiger partial charge in [0.15, 0.2) is 11.4 Å². The molecule has 0 N–H and O–H groups in total. The van der Waals surface area contributed by atoms with Gasteiger partial charge in [0, 0.05) is 28.3 Å². The second kappa shape index (κ2) is 10.8. The Morgan fingerprint density at radius 3 is 2.25 bits per heavy atom. The van der Waals surface area contributed by atoms with Gasteiger partial charge in [0.05, 0.1) is 23.3 Å². The first-order valence-electron chi connectivity index (χ1n) is 16.5. The summed E-state index contributed by atoms with van der Waals surface area (Å²) in [6.07, 6.45) is 3.29. The lowest BCUT2D eigenvalue weighted by atomic mass is 9.67. The van der Waals surface area contributed by atoms with Gasteiger partial charge in [-0.25, -0.2) is 9.97 Å². The minimum atomic E-state index is -0.238. The van der Waals surface area contributed by atoms with Crippen LogP contribution < -0.4 is 0 Å². The van der Waals surface area contributed by atoms with Crippen LogP contribution in [0.2, 0.25) is 0 Å². The standard InChI is InChI=1S/C43H30N4O/c1-24-10-8-15-29(22-44)37(24)39-35-20-28-14-9-13-27(28)19-33(35)25(2)34-21-30(18-31(23-45)38(34)39)43-46-40(26-11-4-3-5-12-26)42-41(47-43)32-16-6-7-17-36(32)48-42/h3-8,10-12,15-21,25,39H,9,13-14H2,1-2H3. The average molecular weight is 619 g/mol. The Labute approximate surface area is 278 Å². The molecular weight excluding hydrogens is 589 g/mol. The molecule has 2 unspecified atom stereocenters. The summed E-state index contributed by atoms with van der Waals surface area (Å²) in [5.41, 5.74) is 15.2. The van der Waals surface area contributed by atoms with Gasteiger partial charge in [-0.05, 0) is 101 Å². The van der Waals surface area contributed by atoms with Gasteiger partial charge in [-0.2, -0.15) is 10.5 Å². The summed E-state index contributed by atoms with van der Waals surface area (Å²) in [5.74, 6) is 0.341. The molecule has 0 saturated carbocycles. The molecule has 0 bridgehead atoms. The fourth-order valence-corrected chi connectivity index (χ4v) is 8.16. The van der Waals surface area contributed by atoms with Crippen LogP contribution in [-0.4, -0.2) is 9.97 Å². The number of rotatable bonds is 3. The Balaban J connectivity index is 1.34. The van der Waals surface area contributed by atoms with Crippen LogP contribution in [0.3, 0.4) is 0 Å². The largest absolute Gasteiger partial charge is 0.452 e. The quantitative estimate of drug-likeness (QED) is 0.197. The molecule has 9 rings (SSSR count). The number of hydrogen-bond donors (Lipinski definition) is 0. The maximum atomic E-state index is 10.9. The molecule has 48 heavy (non-hydrogen) atoms. The lowest BCUT2D eigenvalue weighted by Gasteiger charge is -2.36. The summed E-state index contributed by atoms with van der Waals surface area (Å²) < 4.78 is 6.35. The van der Waals surface area contributed by atoms with E-state index in [2.05, 4.69) is 50.3 Å². The van der Waals surface area contributed by atoms with Crippen molar-refractivity contribution in [2.24, 2.45) is 0 Å². The van der Waals surface area contributed by atoms with Gasteiger partial charge in [-0.15, -0.1) is 0 Å². The topological polar surface area (TPSA) is 86.5 Å². The van der Waals surface area contributed by atoms with Crippen molar-refractivity contribution >= 4 is 22.1 Å². The number of furan rings is 1. The van der Waals surface area contributed by atoms with E-state index in [1.165, 1.54) is 22.3 Å². The Kier molecular flexibility index (Phi) is 6.32. The summed E-state index contributed by atoms with van der Waals surface area (Å²) in [6.45, 7) is 4.32. The van der Waals surface area contributed by atoms with E-state index < -0.39 is 0 Å². The third kappa shape index (κ3) is 4.15. The minimum Gasteiger partial charge on any atom is -0.452 e. The maximum Gasteiger partial charge on any atom is 0.180 e. The van der Waals surface area contributed by atoms with Gasteiger partial charge in [-0.3, -0.25) is 0 Å². The SMILES string of the molecule is Cc1cccc(C#N)c1C1c2cc3c(cc2C(C)c2cc(-c4nc(-c5ccccc5)c5oc6ccccc6c5n4)cc(C#N)c21)CCC3. The van der Waals surface area contributed by atoms with Gasteiger partial charge in [0.2, 0.25) is 0 Å². The average Bonchev–Trinajstić information content (AvgIpc) is 3.75. The van der Waals surface area contributed by atoms with E-state index in [4.69, 9.17) is 14.4 Å². The fraction of sp³-hybridized carbons (Fsp3) is 0.163. The molecule has 2 aromatic heterocycles. The highest BCUT2D eigenvalue weighted by atomic mass is 16.3. The summed E-state index contributed by atoms with van der Waals surface area (Å²) in [4.78, 5) is 10.3. The number of hydrogen-bond acceptors (Lipinski definition) is 5. The van der Waals surface area contributed by atoms with Crippen molar-refractivity contribution < 1.29 is 4.42 Å². The van der Waals surface area contributed by atoms with Crippen LogP contribution in [0.15, 0.2) is 101 Å². The molecular formula is C43H30N4O. The molecule has 2 aliphatic carbocycles. The number of aromatic nitrogens is 2. The Morgan fingerprint density at radius 2 is 1.46 bits per heavy atom. The predicted molar refractivity (Wildman–Crippen MR) is 188 cm³/mol. The number of fused-ring (bicyclic) bond motifs is 6. The van der Waals surface area contributed by atoms with E-state index in [0.717, 1.165) is 69.1 Å². The van der Waals surface area contributed by atoms with Crippen molar-refractivity contribution in [3.63, 3.8) is 0 Å². The number of para-hydroxylation sites is 1. The highest BCUT2D eigenvalue weighted by Gasteiger charge is 2.37. The van der Waals surface area contributed by atoms with Crippen molar-refractivity contribution in [1.29, 1.82) is 10.5 Å². The van der Waals surface area contributed by atoms with E-state index in [0.29, 0.717) is 28.2 Å². The first-order valence-corrected chi connectivity index (χ1v) is 16.5. The van der Waals surface area contributed by atoms with Crippen LogP contribution in [-0.2, 0) is 12.8 Å². The molecule has 228 valence electrons. The summed E-state index contributed by atoms with van der Waals surface area (Å²) in [7, 11) is 0. The predicted octanol–water partition coefficient (Wildman–Crippen LogP) is 9.90. The Morgan fingerprint density at radius 1 is 0.708 bits per heavy atom. The van der Waals surface area contributed by atoms with Crippen LogP contribution in [0.4, 0.5) is 0 Å². The molecule has 7 aromatic rings. The van der Waals surface area contributed by atoms with E-state index >= 15 is 0 Å². The zero-order valence-electron chi connectivity index (χ0n) is 26.7. The first-order chi connectivity index (χ1) is 23.5. The first kappa shape index (κ1) is 28.2. The number of nitriles is 2. The van der Waals surface area contributed by atoms with Crippen molar-refractivity contribution in [3.8, 4) is 34.8 Å². The van der Waals surface area contributed by atoms with Gasteiger partial charge in [0.1, 0.15) is 16.8 Å². The number of benzene rings is 5. The molecule has 2 atom stereocenters. The molecule has 5 aromatic carbocycles. The van der Waals surface area contributed by atoms with Crippen molar-refractivity contribution in [2.75, 3.05) is 0 Å². The molecule has 0 aliphatic heterocycles. The van der Waals surface area contributed by atoms with Gasteiger partial charge in [0.25, 0.3) is 0 Å². The van der Waals surface area contributed by atoms with Crippen molar-refractivity contribution in [2.45, 2.75) is 44.9 Å². The molecule has 0 amide bonds. The van der Waals surface area contributed by atoms with Crippen molar-refractivity contribution in [1.82, 2.24) is 9.97 Å². The van der Waals surface area contributed by atoms with Crippen LogP contribution in [0.1, 0.15) is 80.8 Å². The third-order valence-corrected chi connectivity index (χ3v) is 10.4. The van der Waals surface area contributed by atoms with Crippen LogP contribution in [0.25, 0.3) is 44.7 Å². The molecule has 0 radical (unpaired) electrons. The van der Waals surface area contributed by atoms with E-state index in [9.17, 15) is 10.5 Å². The lowest BCUT2D eigenvalue weighted by molar-refractivity contribution is 0.667. The molecule has 2 heterocycles. The lowest BCUT2D eigenvalue weighted by Crippen LogP contribution is -2.21. The molecule has 0 spiro atoms. The van der Waals surface area contributed by atoms with Crippen LogP contribution in [0, 0.1) is 29.6 Å². The molecule has 2 aliphatic rings. The second-order valence-electron chi connectivity index (χ2n) is 13.1. The van der Waals surface area contributed by atoms with E-state index in [1.54, 1.807) is 0 Å². The second-order valence-corrected chi connectivity index (χ2v) is 13.1. The van der Waals surface area contributed by atoms with Gasteiger partial charge in [-0.1, -0.05) is 73.7 Å². The van der Waals surface area contributed by atoms with Crippen LogP contribution >= 0.6 is 0 Å². The maximum absolute atomic E-state index is 10.9. The van der Waals surface area contributed by atoms with Gasteiger partial charge < -0.3 is 4.42 Å². The minimum absolute atomic E-state index is 0.0332. The zero-order valence-corrected chi connectivity index (χ0v) is 26.7. The monoisotopic (exact) mass is 618 g/mol. The smallest absolute Gasteiger partial charge is 0.180 e. The molecule has 0 fully saturated rings. The van der Waals surface area contributed by atoms with E-state index in [-0.39, 0.29) is 11.8 Å². The molecule has 0 saturated heterocycles. The number of aryl methyl sites for hydroxylation is 3. The van der Waals surface area contributed by atoms with Gasteiger partial charge >= 0.3 is 0 Å². The Bertz CT molecular complexity index is 2550. The Hall–Kier alpha value is -6.04. The fourth-order valence-electron chi connectivity index (χ4n) is 8.16. The van der Waals surface area contributed by atoms with Crippen LogP contribution in [0.5, 0.6) is 0 Å². The highest BCUT2D eigenvalue weighted by molar-refractivity contribution is 6.07. The normalized spacial score (nSPS) is 16.2.